The quantitative estimate of drug-likeness (QED) is 0.728. The largest absolute Gasteiger partial charge is 0.289 e. The smallest absolute Gasteiger partial charge is 0.286 e. The highest BCUT2D eigenvalue weighted by Gasteiger charge is 2.13. The van der Waals surface area contributed by atoms with Gasteiger partial charge in [-0.2, -0.15) is 10.5 Å². The zero-order valence-corrected chi connectivity index (χ0v) is 8.48. The van der Waals surface area contributed by atoms with E-state index < -0.39 is 0 Å². The number of thioether (sulfide) groups is 1. The van der Waals surface area contributed by atoms with Gasteiger partial charge in [0.25, 0.3) is 5.82 Å². The summed E-state index contributed by atoms with van der Waals surface area (Å²) < 4.78 is 0. The van der Waals surface area contributed by atoms with Gasteiger partial charge in [-0.05, 0) is 11.8 Å². The van der Waals surface area contributed by atoms with E-state index >= 15 is 0 Å². The van der Waals surface area contributed by atoms with Gasteiger partial charge in [0, 0.05) is 0 Å². The molecule has 0 fully saturated rings. The van der Waals surface area contributed by atoms with Gasteiger partial charge < -0.3 is 0 Å². The molecule has 0 unspecified atom stereocenters. The maximum absolute atomic E-state index is 8.82. The predicted octanol–water partition coefficient (Wildman–Crippen LogP) is 0.938. The summed E-state index contributed by atoms with van der Waals surface area (Å²) in [6.07, 6.45) is 0. The van der Waals surface area contributed by atoms with E-state index in [0.717, 1.165) is 5.75 Å². The molecule has 70 valence electrons. The third kappa shape index (κ3) is 1.95. The molecule has 1 aromatic heterocycles. The lowest BCUT2D eigenvalue weighted by Crippen LogP contribution is -2.16. The van der Waals surface area contributed by atoms with Crippen molar-refractivity contribution >= 4 is 17.6 Å². The van der Waals surface area contributed by atoms with Crippen LogP contribution in [0.2, 0.25) is 0 Å². The highest BCUT2D eigenvalue weighted by atomic mass is 32.2. The third-order valence-corrected chi connectivity index (χ3v) is 2.50. The van der Waals surface area contributed by atoms with Crippen molar-refractivity contribution < 1.29 is 4.98 Å². The molecule has 0 atom stereocenters. The average molecular weight is 205 g/mol. The minimum Gasteiger partial charge on any atom is -0.286 e. The van der Waals surface area contributed by atoms with Crippen molar-refractivity contribution in [1.29, 1.82) is 10.5 Å². The van der Waals surface area contributed by atoms with Crippen LogP contribution in [0.5, 0.6) is 0 Å². The summed E-state index contributed by atoms with van der Waals surface area (Å²) in [5.74, 6) is 1.15. The van der Waals surface area contributed by atoms with E-state index in [0.29, 0.717) is 22.0 Å². The van der Waals surface area contributed by atoms with Crippen LogP contribution in [0, 0.1) is 22.7 Å². The fourth-order valence-corrected chi connectivity index (χ4v) is 1.71. The fraction of sp³-hybridized carbons (Fsp3) is 0.222. The molecule has 0 amide bonds. The minimum atomic E-state index is 0.307. The first-order chi connectivity index (χ1) is 6.72. The molecule has 0 bridgehead atoms. The Morgan fingerprint density at radius 2 is 2.07 bits per heavy atom. The molecule has 1 aromatic rings. The van der Waals surface area contributed by atoms with E-state index in [1.54, 1.807) is 0 Å². The molecule has 0 aliphatic carbocycles. The summed E-state index contributed by atoms with van der Waals surface area (Å²) in [6, 6.07) is 5.45. The molecular formula is C9H9N4S+. The highest BCUT2D eigenvalue weighted by Crippen LogP contribution is 2.19. The number of aromatic nitrogens is 1. The molecule has 4 nitrogen and oxygen atoms in total. The van der Waals surface area contributed by atoms with Crippen LogP contribution in [0.3, 0.4) is 0 Å². The summed E-state index contributed by atoms with van der Waals surface area (Å²) in [7, 11) is 0. The van der Waals surface area contributed by atoms with Gasteiger partial charge >= 0.3 is 0 Å². The van der Waals surface area contributed by atoms with Gasteiger partial charge in [-0.15, -0.1) is 0 Å². The number of rotatable bonds is 2. The van der Waals surface area contributed by atoms with E-state index in [1.807, 2.05) is 19.1 Å². The first kappa shape index (κ1) is 10.4. The molecular weight excluding hydrogens is 196 g/mol. The normalized spacial score (nSPS) is 9.07. The van der Waals surface area contributed by atoms with Gasteiger partial charge in [0.05, 0.1) is 0 Å². The van der Waals surface area contributed by atoms with Gasteiger partial charge in [-0.3, -0.25) is 5.73 Å². The Labute approximate surface area is 86.4 Å². The van der Waals surface area contributed by atoms with Crippen LogP contribution in [0.1, 0.15) is 18.1 Å². The Bertz CT molecular complexity index is 428. The van der Waals surface area contributed by atoms with E-state index in [2.05, 4.69) is 4.98 Å². The van der Waals surface area contributed by atoms with Crippen LogP contribution < -0.4 is 10.7 Å². The van der Waals surface area contributed by atoms with Gasteiger partial charge in [-0.1, -0.05) is 18.7 Å². The number of nitrogen functional groups attached to an aromatic ring is 1. The first-order valence-corrected chi connectivity index (χ1v) is 5.00. The summed E-state index contributed by atoms with van der Waals surface area (Å²) >= 11 is 1.49. The van der Waals surface area contributed by atoms with Crippen molar-refractivity contribution in [2.75, 3.05) is 11.5 Å². The number of nitriles is 2. The fourth-order valence-electron chi connectivity index (χ4n) is 0.978. The number of anilines is 1. The highest BCUT2D eigenvalue weighted by molar-refractivity contribution is 7.99. The van der Waals surface area contributed by atoms with Crippen LogP contribution in [0.15, 0.2) is 11.1 Å². The Hall–Kier alpha value is -1.72. The molecule has 0 saturated heterocycles. The second-order valence-corrected chi connectivity index (χ2v) is 3.77. The van der Waals surface area contributed by atoms with Crippen LogP contribution in [0.25, 0.3) is 0 Å². The van der Waals surface area contributed by atoms with Gasteiger partial charge in [0.2, 0.25) is 0 Å². The third-order valence-electron chi connectivity index (χ3n) is 1.60. The topological polar surface area (TPSA) is 87.7 Å². The lowest BCUT2D eigenvalue weighted by molar-refractivity contribution is -0.410. The summed E-state index contributed by atoms with van der Waals surface area (Å²) in [5, 5.41) is 18.2. The number of nitrogens with zero attached hydrogens (tertiary/aromatic N) is 2. The summed E-state index contributed by atoms with van der Waals surface area (Å²) in [5.41, 5.74) is 6.35. The Morgan fingerprint density at radius 1 is 1.43 bits per heavy atom. The summed E-state index contributed by atoms with van der Waals surface area (Å²) in [4.78, 5) is 2.84. The number of H-pyrrole nitrogens is 1. The van der Waals surface area contributed by atoms with Crippen molar-refractivity contribution in [2.45, 2.75) is 11.9 Å². The zero-order valence-electron chi connectivity index (χ0n) is 7.66. The number of aromatic amines is 1. The van der Waals surface area contributed by atoms with E-state index in [-0.39, 0.29) is 0 Å². The molecule has 1 heterocycles. The van der Waals surface area contributed by atoms with Crippen molar-refractivity contribution in [3.8, 4) is 12.1 Å². The van der Waals surface area contributed by atoms with E-state index in [4.69, 9.17) is 16.3 Å². The van der Waals surface area contributed by atoms with E-state index in [1.165, 1.54) is 17.8 Å². The van der Waals surface area contributed by atoms with Crippen LogP contribution >= 0.6 is 11.8 Å². The van der Waals surface area contributed by atoms with Crippen molar-refractivity contribution in [3.05, 3.63) is 17.2 Å². The Kier molecular flexibility index (Phi) is 3.33. The maximum Gasteiger partial charge on any atom is 0.289 e. The molecule has 0 radical (unpaired) electrons. The maximum atomic E-state index is 8.82. The van der Waals surface area contributed by atoms with Crippen LogP contribution in [-0.2, 0) is 0 Å². The molecule has 3 N–H and O–H groups in total. The first-order valence-electron chi connectivity index (χ1n) is 4.01. The molecule has 1 rings (SSSR count). The van der Waals surface area contributed by atoms with Crippen molar-refractivity contribution in [1.82, 2.24) is 0 Å². The minimum absolute atomic E-state index is 0.307. The van der Waals surface area contributed by atoms with Crippen LogP contribution in [-0.4, -0.2) is 5.75 Å². The SMILES string of the molecule is CCSc1[nH+]c(N)c(C#N)cc1C#N. The second-order valence-electron chi connectivity index (χ2n) is 2.50. The predicted molar refractivity (Wildman–Crippen MR) is 53.2 cm³/mol. The molecule has 0 spiro atoms. The average Bonchev–Trinajstić information content (AvgIpc) is 2.19. The number of nitrogens with two attached hydrogens (primary N) is 1. The molecule has 0 aliphatic rings. The number of pyridine rings is 1. The second kappa shape index (κ2) is 4.50. The summed E-state index contributed by atoms with van der Waals surface area (Å²) in [6.45, 7) is 1.98. The molecule has 0 saturated carbocycles. The van der Waals surface area contributed by atoms with Crippen molar-refractivity contribution in [3.63, 3.8) is 0 Å². The van der Waals surface area contributed by atoms with Crippen molar-refractivity contribution in [2.24, 2.45) is 0 Å². The number of hydrogen-bond donors (Lipinski definition) is 1. The van der Waals surface area contributed by atoms with Crippen LogP contribution in [0.4, 0.5) is 5.82 Å². The number of nitrogens with one attached hydrogen (secondary N) is 1. The Balaban J connectivity index is 3.28. The monoisotopic (exact) mass is 205 g/mol. The molecule has 0 aromatic carbocycles. The lowest BCUT2D eigenvalue weighted by Gasteiger charge is -1.99. The van der Waals surface area contributed by atoms with Gasteiger partial charge in [0.1, 0.15) is 23.3 Å². The zero-order chi connectivity index (χ0) is 10.6. The van der Waals surface area contributed by atoms with Gasteiger partial charge in [0.15, 0.2) is 5.03 Å². The standard InChI is InChI=1S/C9H8N4S/c1-2-14-9-7(5-11)3-6(4-10)8(12)13-9/h3H,2H2,1H3,(H2,12,13)/p+1. The molecule has 14 heavy (non-hydrogen) atoms. The molecule has 0 aliphatic heterocycles. The number of hydrogen-bond acceptors (Lipinski definition) is 4. The lowest BCUT2D eigenvalue weighted by atomic mass is 10.2. The molecule has 5 heteroatoms. The Morgan fingerprint density at radius 3 is 2.57 bits per heavy atom. The van der Waals surface area contributed by atoms with Gasteiger partial charge in [-0.25, -0.2) is 4.98 Å². The van der Waals surface area contributed by atoms with E-state index in [9.17, 15) is 0 Å².